The number of ether oxygens (including phenoxy) is 1. The van der Waals surface area contributed by atoms with Crippen molar-refractivity contribution in [1.29, 1.82) is 0 Å². The zero-order valence-corrected chi connectivity index (χ0v) is 24.1. The lowest BCUT2D eigenvalue weighted by atomic mass is 9.81. The Morgan fingerprint density at radius 1 is 1.05 bits per heavy atom. The molecule has 1 saturated heterocycles. The second-order valence-corrected chi connectivity index (χ2v) is 12.6. The minimum Gasteiger partial charge on any atom is -0.459 e. The molecule has 1 amide bonds. The van der Waals surface area contributed by atoms with E-state index in [4.69, 9.17) is 4.74 Å². The Kier molecular flexibility index (Phi) is 7.43. The lowest BCUT2D eigenvalue weighted by Crippen LogP contribution is -2.38. The molecule has 0 bridgehead atoms. The molecular formula is C33H41N3O3. The molecule has 0 aliphatic carbocycles. The van der Waals surface area contributed by atoms with Crippen LogP contribution in [0.5, 0.6) is 0 Å². The quantitative estimate of drug-likeness (QED) is 0.392. The number of aromatic amines is 1. The van der Waals surface area contributed by atoms with Crippen LogP contribution in [-0.4, -0.2) is 52.4 Å². The molecule has 206 valence electrons. The Balaban J connectivity index is 1.50. The van der Waals surface area contributed by atoms with Crippen molar-refractivity contribution < 1.29 is 14.3 Å². The molecule has 0 saturated carbocycles. The van der Waals surface area contributed by atoms with Crippen molar-refractivity contribution in [2.45, 2.75) is 66.0 Å². The highest BCUT2D eigenvalue weighted by atomic mass is 16.5. The number of likely N-dealkylation sites (tertiary alicyclic amines) is 1. The van der Waals surface area contributed by atoms with Gasteiger partial charge in [-0.15, -0.1) is 0 Å². The van der Waals surface area contributed by atoms with Crippen LogP contribution < -0.4 is 0 Å². The number of rotatable bonds is 5. The summed E-state index contributed by atoms with van der Waals surface area (Å²) < 4.78 is 5.65. The van der Waals surface area contributed by atoms with Crippen LogP contribution in [0.1, 0.15) is 75.1 Å². The summed E-state index contributed by atoms with van der Waals surface area (Å²) in [7, 11) is 0. The first-order chi connectivity index (χ1) is 18.5. The van der Waals surface area contributed by atoms with E-state index in [2.05, 4.69) is 49.7 Å². The number of hydrogen-bond acceptors (Lipinski definition) is 4. The molecule has 0 radical (unpaired) electrons. The van der Waals surface area contributed by atoms with Crippen LogP contribution in [0, 0.1) is 11.8 Å². The van der Waals surface area contributed by atoms with Gasteiger partial charge >= 0.3 is 5.97 Å². The number of carbonyl (C=O) groups excluding carboxylic acids is 2. The average molecular weight is 528 g/mol. The molecule has 1 fully saturated rings. The van der Waals surface area contributed by atoms with Crippen LogP contribution in [0.15, 0.2) is 54.7 Å². The van der Waals surface area contributed by atoms with E-state index in [0.29, 0.717) is 29.5 Å². The van der Waals surface area contributed by atoms with Crippen LogP contribution in [0.3, 0.4) is 0 Å². The van der Waals surface area contributed by atoms with E-state index >= 15 is 0 Å². The predicted octanol–water partition coefficient (Wildman–Crippen LogP) is 6.37. The lowest BCUT2D eigenvalue weighted by Gasteiger charge is -2.35. The molecule has 39 heavy (non-hydrogen) atoms. The number of aromatic nitrogens is 1. The number of fused-ring (bicyclic) bond motifs is 3. The van der Waals surface area contributed by atoms with Gasteiger partial charge in [-0.25, -0.2) is 4.79 Å². The van der Waals surface area contributed by atoms with Crippen molar-refractivity contribution >= 4 is 28.4 Å². The number of H-pyrrole nitrogens is 1. The number of nitrogens with one attached hydrogen (secondary N) is 1. The van der Waals surface area contributed by atoms with E-state index in [1.54, 1.807) is 11.1 Å². The van der Waals surface area contributed by atoms with E-state index in [-0.39, 0.29) is 12.0 Å². The first-order valence-corrected chi connectivity index (χ1v) is 14.2. The number of hydrogen-bond donors (Lipinski definition) is 1. The smallest absolute Gasteiger partial charge is 0.342 e. The SMILES string of the molecule is CC(C)OC(=O)C1=CN(C(=O)c2cccc(CN3C[C@@H](C)C[C@H](C)C3)c2)CC(C)(C)c2c1[nH]c1ccccc21. The van der Waals surface area contributed by atoms with Crippen molar-refractivity contribution in [3.05, 3.63) is 77.1 Å². The predicted molar refractivity (Wildman–Crippen MR) is 156 cm³/mol. The summed E-state index contributed by atoms with van der Waals surface area (Å²) in [5, 5.41) is 1.06. The van der Waals surface area contributed by atoms with Gasteiger partial charge in [0.15, 0.2) is 0 Å². The first kappa shape index (κ1) is 27.2. The number of amides is 1. The minimum atomic E-state index is -0.435. The van der Waals surface area contributed by atoms with E-state index in [1.165, 1.54) is 6.42 Å². The largest absolute Gasteiger partial charge is 0.459 e. The molecule has 3 heterocycles. The molecule has 2 aliphatic heterocycles. The van der Waals surface area contributed by atoms with Gasteiger partial charge in [0.05, 0.1) is 17.4 Å². The maximum Gasteiger partial charge on any atom is 0.342 e. The number of carbonyl (C=O) groups is 2. The number of esters is 1. The zero-order valence-electron chi connectivity index (χ0n) is 24.1. The Hall–Kier alpha value is -3.38. The Morgan fingerprint density at radius 2 is 1.77 bits per heavy atom. The Bertz CT molecular complexity index is 1410. The molecular weight excluding hydrogens is 486 g/mol. The van der Waals surface area contributed by atoms with Gasteiger partial charge in [-0.2, -0.15) is 0 Å². The van der Waals surface area contributed by atoms with Gasteiger partial charge in [0.2, 0.25) is 0 Å². The van der Waals surface area contributed by atoms with E-state index in [0.717, 1.165) is 47.4 Å². The zero-order chi connectivity index (χ0) is 27.9. The summed E-state index contributed by atoms with van der Waals surface area (Å²) in [6.45, 7) is 16.0. The van der Waals surface area contributed by atoms with Gasteiger partial charge < -0.3 is 14.6 Å². The highest BCUT2D eigenvalue weighted by Gasteiger charge is 2.37. The molecule has 1 N–H and O–H groups in total. The van der Waals surface area contributed by atoms with Crippen molar-refractivity contribution in [2.75, 3.05) is 19.6 Å². The number of piperidine rings is 1. The van der Waals surface area contributed by atoms with Gasteiger partial charge in [-0.1, -0.05) is 58.0 Å². The van der Waals surface area contributed by atoms with Crippen LogP contribution >= 0.6 is 0 Å². The summed E-state index contributed by atoms with van der Waals surface area (Å²) in [6.07, 6.45) is 2.69. The van der Waals surface area contributed by atoms with E-state index in [1.807, 2.05) is 50.2 Å². The highest BCUT2D eigenvalue weighted by Crippen LogP contribution is 2.40. The van der Waals surface area contributed by atoms with Gasteiger partial charge in [0.1, 0.15) is 0 Å². The molecule has 5 rings (SSSR count). The molecule has 6 heteroatoms. The molecule has 0 spiro atoms. The summed E-state index contributed by atoms with van der Waals surface area (Å²) in [4.78, 5) is 35.1. The monoisotopic (exact) mass is 527 g/mol. The molecule has 0 unspecified atom stereocenters. The highest BCUT2D eigenvalue weighted by molar-refractivity contribution is 6.18. The van der Waals surface area contributed by atoms with Crippen molar-refractivity contribution in [3.63, 3.8) is 0 Å². The van der Waals surface area contributed by atoms with Crippen LogP contribution in [0.2, 0.25) is 0 Å². The van der Waals surface area contributed by atoms with E-state index < -0.39 is 11.4 Å². The second kappa shape index (κ2) is 10.6. The third kappa shape index (κ3) is 5.67. The maximum absolute atomic E-state index is 14.0. The van der Waals surface area contributed by atoms with Crippen molar-refractivity contribution in [1.82, 2.24) is 14.8 Å². The molecule has 2 atom stereocenters. The minimum absolute atomic E-state index is 0.116. The molecule has 3 aromatic rings. The van der Waals surface area contributed by atoms with Gasteiger partial charge in [-0.05, 0) is 61.4 Å². The van der Waals surface area contributed by atoms with Crippen LogP contribution in [0.25, 0.3) is 16.5 Å². The van der Waals surface area contributed by atoms with Gasteiger partial charge in [-0.3, -0.25) is 9.69 Å². The summed E-state index contributed by atoms with van der Waals surface area (Å²) in [6, 6.07) is 16.0. The summed E-state index contributed by atoms with van der Waals surface area (Å²) in [5.74, 6) is 0.811. The normalized spacial score (nSPS) is 21.4. The van der Waals surface area contributed by atoms with Crippen molar-refractivity contribution in [2.24, 2.45) is 11.8 Å². The first-order valence-electron chi connectivity index (χ1n) is 14.2. The fraction of sp³-hybridized carbons (Fsp3) is 0.455. The number of benzene rings is 2. The molecule has 6 nitrogen and oxygen atoms in total. The molecule has 2 aliphatic rings. The maximum atomic E-state index is 14.0. The fourth-order valence-corrected chi connectivity index (χ4v) is 6.53. The van der Waals surface area contributed by atoms with Crippen molar-refractivity contribution in [3.8, 4) is 0 Å². The lowest BCUT2D eigenvalue weighted by molar-refractivity contribution is -0.140. The number of para-hydroxylation sites is 1. The van der Waals surface area contributed by atoms with Gasteiger partial charge in [0, 0.05) is 54.3 Å². The summed E-state index contributed by atoms with van der Waals surface area (Å²) >= 11 is 0. The molecule has 1 aromatic heterocycles. The Labute approximate surface area is 232 Å². The third-order valence-electron chi connectivity index (χ3n) is 7.85. The van der Waals surface area contributed by atoms with E-state index in [9.17, 15) is 9.59 Å². The number of nitrogens with zero attached hydrogens (tertiary/aromatic N) is 2. The van der Waals surface area contributed by atoms with Crippen LogP contribution in [0.4, 0.5) is 0 Å². The van der Waals surface area contributed by atoms with Gasteiger partial charge in [0.25, 0.3) is 5.91 Å². The summed E-state index contributed by atoms with van der Waals surface area (Å²) in [5.41, 5.74) is 4.44. The second-order valence-electron chi connectivity index (χ2n) is 12.6. The fourth-order valence-electron chi connectivity index (χ4n) is 6.53. The molecule has 2 aromatic carbocycles. The standard InChI is InChI=1S/C33H41N3O3/c1-21(2)39-32(38)27-19-36(20-33(5,6)29-26-12-7-8-13-28(26)34-30(27)29)31(37)25-11-9-10-24(15-25)18-35-16-22(3)14-23(4)17-35/h7-13,15,19,21-23,34H,14,16-18,20H2,1-6H3/t22-,23-/m0/s1. The average Bonchev–Trinajstić information content (AvgIpc) is 3.20. The topological polar surface area (TPSA) is 65.6 Å². The van der Waals surface area contributed by atoms with Crippen LogP contribution in [-0.2, 0) is 21.5 Å². The third-order valence-corrected chi connectivity index (χ3v) is 7.85. The Morgan fingerprint density at radius 3 is 2.49 bits per heavy atom.